The lowest BCUT2D eigenvalue weighted by Crippen LogP contribution is -1.88. The molecule has 0 unspecified atom stereocenters. The molecule has 0 heterocycles. The molecular formula is C10H9Cl2NS. The van der Waals surface area contributed by atoms with Gasteiger partial charge in [-0.1, -0.05) is 35.3 Å². The third kappa shape index (κ3) is 3.42. The molecular weight excluding hydrogens is 237 g/mol. The standard InChI is InChI=1S/C10H9Cl2NS/c11-9-5-1-3-8(10(9)12)4-2-6-14-7-13/h1,3,5H,2,4,6H2. The zero-order chi connectivity index (χ0) is 10.4. The Morgan fingerprint density at radius 1 is 1.36 bits per heavy atom. The Hall–Kier alpha value is -0.360. The van der Waals surface area contributed by atoms with Gasteiger partial charge in [-0.15, -0.1) is 0 Å². The van der Waals surface area contributed by atoms with Gasteiger partial charge in [0.1, 0.15) is 5.40 Å². The van der Waals surface area contributed by atoms with Gasteiger partial charge in [0.2, 0.25) is 0 Å². The molecule has 0 fully saturated rings. The number of halogens is 2. The van der Waals surface area contributed by atoms with Crippen LogP contribution in [0.25, 0.3) is 0 Å². The molecule has 0 spiro atoms. The van der Waals surface area contributed by atoms with E-state index < -0.39 is 0 Å². The molecule has 0 aliphatic rings. The molecule has 0 radical (unpaired) electrons. The van der Waals surface area contributed by atoms with Crippen molar-refractivity contribution in [3.8, 4) is 5.40 Å². The van der Waals surface area contributed by atoms with E-state index >= 15 is 0 Å². The maximum Gasteiger partial charge on any atom is 0.133 e. The van der Waals surface area contributed by atoms with Crippen LogP contribution in [0.15, 0.2) is 18.2 Å². The molecule has 0 saturated heterocycles. The minimum Gasteiger partial charge on any atom is -0.185 e. The van der Waals surface area contributed by atoms with Gasteiger partial charge in [-0.2, -0.15) is 5.26 Å². The van der Waals surface area contributed by atoms with Gasteiger partial charge in [0.05, 0.1) is 10.0 Å². The first kappa shape index (κ1) is 11.7. The predicted octanol–water partition coefficient (Wildman–Crippen LogP) is 4.14. The first-order valence-corrected chi connectivity index (χ1v) is 5.93. The van der Waals surface area contributed by atoms with Crippen LogP contribution in [0.3, 0.4) is 0 Å². The summed E-state index contributed by atoms with van der Waals surface area (Å²) in [5.41, 5.74) is 1.05. The van der Waals surface area contributed by atoms with E-state index in [1.807, 2.05) is 17.5 Å². The van der Waals surface area contributed by atoms with Gasteiger partial charge in [-0.25, -0.2) is 0 Å². The zero-order valence-electron chi connectivity index (χ0n) is 7.46. The minimum absolute atomic E-state index is 0.595. The second-order valence-electron chi connectivity index (χ2n) is 2.76. The molecule has 0 N–H and O–H groups in total. The Kier molecular flexibility index (Phi) is 5.17. The number of thiocyanates is 1. The molecule has 1 rings (SSSR count). The Morgan fingerprint density at radius 3 is 2.86 bits per heavy atom. The van der Waals surface area contributed by atoms with Crippen LogP contribution in [-0.2, 0) is 6.42 Å². The number of rotatable bonds is 4. The number of thioether (sulfide) groups is 1. The Labute approximate surface area is 98.0 Å². The lowest BCUT2D eigenvalue weighted by molar-refractivity contribution is 0.935. The second-order valence-corrected chi connectivity index (χ2v) is 4.42. The fraction of sp³-hybridized carbons (Fsp3) is 0.300. The molecule has 14 heavy (non-hydrogen) atoms. The Morgan fingerprint density at radius 2 is 2.14 bits per heavy atom. The first-order chi connectivity index (χ1) is 6.75. The number of benzene rings is 1. The summed E-state index contributed by atoms with van der Waals surface area (Å²) in [6.07, 6.45) is 1.81. The maximum absolute atomic E-state index is 8.33. The molecule has 1 nitrogen and oxygen atoms in total. The molecule has 0 atom stereocenters. The normalized spacial score (nSPS) is 9.79. The van der Waals surface area contributed by atoms with Gasteiger partial charge in [-0.3, -0.25) is 0 Å². The summed E-state index contributed by atoms with van der Waals surface area (Å²) >= 11 is 13.1. The first-order valence-electron chi connectivity index (χ1n) is 4.19. The second kappa shape index (κ2) is 6.19. The summed E-state index contributed by atoms with van der Waals surface area (Å²) < 4.78 is 0. The smallest absolute Gasteiger partial charge is 0.133 e. The van der Waals surface area contributed by atoms with Gasteiger partial charge in [0.15, 0.2) is 0 Å². The highest BCUT2D eigenvalue weighted by molar-refractivity contribution is 8.03. The van der Waals surface area contributed by atoms with Gasteiger partial charge >= 0.3 is 0 Å². The maximum atomic E-state index is 8.33. The van der Waals surface area contributed by atoms with Crippen molar-refractivity contribution in [3.63, 3.8) is 0 Å². The molecule has 4 heteroatoms. The fourth-order valence-corrected chi connectivity index (χ4v) is 1.92. The molecule has 0 aromatic heterocycles. The van der Waals surface area contributed by atoms with E-state index in [-0.39, 0.29) is 0 Å². The van der Waals surface area contributed by atoms with Crippen molar-refractivity contribution in [1.82, 2.24) is 0 Å². The SMILES string of the molecule is N#CSCCCc1cccc(Cl)c1Cl. The van der Waals surface area contributed by atoms with Crippen molar-refractivity contribution in [2.45, 2.75) is 12.8 Å². The van der Waals surface area contributed by atoms with Crippen LogP contribution in [0.1, 0.15) is 12.0 Å². The van der Waals surface area contributed by atoms with Gasteiger partial charge in [0, 0.05) is 5.75 Å². The summed E-state index contributed by atoms with van der Waals surface area (Å²) in [6.45, 7) is 0. The topological polar surface area (TPSA) is 23.8 Å². The number of hydrogen-bond donors (Lipinski definition) is 0. The van der Waals surface area contributed by atoms with Crippen LogP contribution < -0.4 is 0 Å². The summed E-state index contributed by atoms with van der Waals surface area (Å²) in [7, 11) is 0. The Balaban J connectivity index is 2.51. The van der Waals surface area contributed by atoms with Crippen molar-refractivity contribution < 1.29 is 0 Å². The Bertz CT molecular complexity index is 346. The molecule has 0 aliphatic carbocycles. The lowest BCUT2D eigenvalue weighted by Gasteiger charge is -2.03. The van der Waals surface area contributed by atoms with Crippen molar-refractivity contribution in [3.05, 3.63) is 33.8 Å². The predicted molar refractivity (Wildman–Crippen MR) is 62.9 cm³/mol. The lowest BCUT2D eigenvalue weighted by atomic mass is 10.1. The molecule has 0 amide bonds. The minimum atomic E-state index is 0.595. The van der Waals surface area contributed by atoms with Gasteiger partial charge in [0.25, 0.3) is 0 Å². The zero-order valence-corrected chi connectivity index (χ0v) is 9.79. The molecule has 0 aliphatic heterocycles. The van der Waals surface area contributed by atoms with Crippen molar-refractivity contribution in [1.29, 1.82) is 5.26 Å². The van der Waals surface area contributed by atoms with Crippen LogP contribution in [0.4, 0.5) is 0 Å². The third-order valence-corrected chi connectivity index (χ3v) is 3.27. The van der Waals surface area contributed by atoms with Crippen LogP contribution >= 0.6 is 35.0 Å². The number of nitriles is 1. The van der Waals surface area contributed by atoms with E-state index in [1.54, 1.807) is 6.07 Å². The van der Waals surface area contributed by atoms with Crippen molar-refractivity contribution in [2.75, 3.05) is 5.75 Å². The largest absolute Gasteiger partial charge is 0.185 e. The van der Waals surface area contributed by atoms with Crippen LogP contribution in [-0.4, -0.2) is 5.75 Å². The average Bonchev–Trinajstić information content (AvgIpc) is 2.19. The number of aryl methyl sites for hydroxylation is 1. The van der Waals surface area contributed by atoms with Crippen molar-refractivity contribution >= 4 is 35.0 Å². The highest BCUT2D eigenvalue weighted by Gasteiger charge is 2.03. The number of nitrogens with zero attached hydrogens (tertiary/aromatic N) is 1. The molecule has 0 bridgehead atoms. The number of hydrogen-bond acceptors (Lipinski definition) is 2. The van der Waals surface area contributed by atoms with E-state index in [4.69, 9.17) is 28.5 Å². The van der Waals surface area contributed by atoms with Crippen molar-refractivity contribution in [2.24, 2.45) is 0 Å². The molecule has 1 aromatic rings. The highest BCUT2D eigenvalue weighted by atomic mass is 35.5. The van der Waals surface area contributed by atoms with E-state index in [0.717, 1.165) is 24.2 Å². The van der Waals surface area contributed by atoms with Gasteiger partial charge < -0.3 is 0 Å². The van der Waals surface area contributed by atoms with E-state index in [9.17, 15) is 0 Å². The summed E-state index contributed by atoms with van der Waals surface area (Å²) in [5, 5.41) is 11.6. The van der Waals surface area contributed by atoms with Crippen LogP contribution in [0, 0.1) is 10.7 Å². The third-order valence-electron chi connectivity index (χ3n) is 1.79. The van der Waals surface area contributed by atoms with E-state index in [0.29, 0.717) is 10.0 Å². The highest BCUT2D eigenvalue weighted by Crippen LogP contribution is 2.26. The van der Waals surface area contributed by atoms with Crippen LogP contribution in [0.2, 0.25) is 10.0 Å². The summed E-state index contributed by atoms with van der Waals surface area (Å²) in [4.78, 5) is 0. The summed E-state index contributed by atoms with van der Waals surface area (Å²) in [5.74, 6) is 0.833. The average molecular weight is 246 g/mol. The fourth-order valence-electron chi connectivity index (χ4n) is 1.12. The molecule has 1 aromatic carbocycles. The molecule has 74 valence electrons. The van der Waals surface area contributed by atoms with Gasteiger partial charge in [-0.05, 0) is 36.2 Å². The summed E-state index contributed by atoms with van der Waals surface area (Å²) in [6, 6.07) is 5.63. The van der Waals surface area contributed by atoms with E-state index in [2.05, 4.69) is 0 Å². The van der Waals surface area contributed by atoms with Crippen LogP contribution in [0.5, 0.6) is 0 Å². The monoisotopic (exact) mass is 245 g/mol. The van der Waals surface area contributed by atoms with E-state index in [1.165, 1.54) is 11.8 Å². The quantitative estimate of drug-likeness (QED) is 0.588. The molecule has 0 saturated carbocycles.